The SMILES string of the molecule is CCCc1ccc(OCC2CO2)cc1. The molecule has 0 spiro atoms. The molecule has 1 atom stereocenters. The third kappa shape index (κ3) is 2.74. The van der Waals surface area contributed by atoms with Gasteiger partial charge in [0.05, 0.1) is 6.61 Å². The largest absolute Gasteiger partial charge is 0.491 e. The van der Waals surface area contributed by atoms with Crippen molar-refractivity contribution in [2.75, 3.05) is 13.2 Å². The molecule has 76 valence electrons. The van der Waals surface area contributed by atoms with Gasteiger partial charge in [-0.2, -0.15) is 0 Å². The molecule has 2 nitrogen and oxygen atoms in total. The number of rotatable bonds is 5. The molecule has 1 aromatic carbocycles. The standard InChI is InChI=1S/C12H16O2/c1-2-3-10-4-6-11(7-5-10)13-8-12-9-14-12/h4-7,12H,2-3,8-9H2,1H3. The molecular formula is C12H16O2. The zero-order chi connectivity index (χ0) is 9.80. The first-order valence-corrected chi connectivity index (χ1v) is 5.22. The molecule has 2 rings (SSSR count). The summed E-state index contributed by atoms with van der Waals surface area (Å²) < 4.78 is 10.6. The highest BCUT2D eigenvalue weighted by molar-refractivity contribution is 5.27. The minimum absolute atomic E-state index is 0.338. The van der Waals surface area contributed by atoms with Crippen LogP contribution in [0.2, 0.25) is 0 Å². The highest BCUT2D eigenvalue weighted by Crippen LogP contribution is 2.16. The minimum atomic E-state index is 0.338. The zero-order valence-corrected chi connectivity index (χ0v) is 8.53. The molecule has 0 aromatic heterocycles. The van der Waals surface area contributed by atoms with Crippen LogP contribution < -0.4 is 4.74 Å². The maximum absolute atomic E-state index is 5.54. The molecule has 1 unspecified atom stereocenters. The van der Waals surface area contributed by atoms with Gasteiger partial charge in [-0.25, -0.2) is 0 Å². The molecule has 1 fully saturated rings. The van der Waals surface area contributed by atoms with E-state index in [0.29, 0.717) is 12.7 Å². The Bertz CT molecular complexity index is 275. The topological polar surface area (TPSA) is 21.8 Å². The Balaban J connectivity index is 1.84. The van der Waals surface area contributed by atoms with Crippen LogP contribution in [0.25, 0.3) is 0 Å². The summed E-state index contributed by atoms with van der Waals surface area (Å²) in [6, 6.07) is 8.33. The third-order valence-electron chi connectivity index (χ3n) is 2.30. The molecule has 1 saturated heterocycles. The molecule has 0 bridgehead atoms. The van der Waals surface area contributed by atoms with Gasteiger partial charge < -0.3 is 9.47 Å². The van der Waals surface area contributed by atoms with E-state index < -0.39 is 0 Å². The molecule has 2 heteroatoms. The lowest BCUT2D eigenvalue weighted by Gasteiger charge is -2.04. The number of benzene rings is 1. The summed E-state index contributed by atoms with van der Waals surface area (Å²) in [4.78, 5) is 0. The van der Waals surface area contributed by atoms with Crippen molar-refractivity contribution in [3.05, 3.63) is 29.8 Å². The summed E-state index contributed by atoms with van der Waals surface area (Å²) in [7, 11) is 0. The Morgan fingerprint density at radius 3 is 2.64 bits per heavy atom. The average molecular weight is 192 g/mol. The van der Waals surface area contributed by atoms with E-state index >= 15 is 0 Å². The summed E-state index contributed by atoms with van der Waals surface area (Å²) in [5.74, 6) is 0.945. The van der Waals surface area contributed by atoms with Crippen LogP contribution in [0.1, 0.15) is 18.9 Å². The molecule has 14 heavy (non-hydrogen) atoms. The van der Waals surface area contributed by atoms with Crippen molar-refractivity contribution in [3.63, 3.8) is 0 Å². The van der Waals surface area contributed by atoms with Gasteiger partial charge in [-0.3, -0.25) is 0 Å². The van der Waals surface area contributed by atoms with Crippen molar-refractivity contribution in [1.82, 2.24) is 0 Å². The van der Waals surface area contributed by atoms with Gasteiger partial charge in [-0.1, -0.05) is 25.5 Å². The normalized spacial score (nSPS) is 19.4. The summed E-state index contributed by atoms with van der Waals surface area (Å²) >= 11 is 0. The first kappa shape index (κ1) is 9.53. The summed E-state index contributed by atoms with van der Waals surface area (Å²) in [5, 5.41) is 0. The van der Waals surface area contributed by atoms with Crippen LogP contribution in [0.5, 0.6) is 5.75 Å². The van der Waals surface area contributed by atoms with E-state index in [-0.39, 0.29) is 0 Å². The second-order valence-electron chi connectivity index (χ2n) is 3.66. The van der Waals surface area contributed by atoms with Gasteiger partial charge in [-0.15, -0.1) is 0 Å². The van der Waals surface area contributed by atoms with Gasteiger partial charge >= 0.3 is 0 Å². The lowest BCUT2D eigenvalue weighted by molar-refractivity contribution is 0.263. The molecule has 1 heterocycles. The van der Waals surface area contributed by atoms with E-state index in [2.05, 4.69) is 19.1 Å². The Hall–Kier alpha value is -1.02. The van der Waals surface area contributed by atoms with Crippen LogP contribution >= 0.6 is 0 Å². The van der Waals surface area contributed by atoms with Gasteiger partial charge in [0.15, 0.2) is 0 Å². The van der Waals surface area contributed by atoms with Crippen LogP contribution in [0.4, 0.5) is 0 Å². The molecule has 0 N–H and O–H groups in total. The summed E-state index contributed by atoms with van der Waals surface area (Å²) in [5.41, 5.74) is 1.38. The van der Waals surface area contributed by atoms with Crippen molar-refractivity contribution in [1.29, 1.82) is 0 Å². The highest BCUT2D eigenvalue weighted by atomic mass is 16.6. The molecule has 0 saturated carbocycles. The number of ether oxygens (including phenoxy) is 2. The Labute approximate surface area is 84.8 Å². The molecule has 0 aliphatic carbocycles. The Kier molecular flexibility index (Phi) is 3.04. The van der Waals surface area contributed by atoms with E-state index in [4.69, 9.17) is 9.47 Å². The van der Waals surface area contributed by atoms with Crippen LogP contribution in [0.3, 0.4) is 0 Å². The first-order chi connectivity index (χ1) is 6.88. The minimum Gasteiger partial charge on any atom is -0.491 e. The summed E-state index contributed by atoms with van der Waals surface area (Å²) in [6.07, 6.45) is 2.67. The lowest BCUT2D eigenvalue weighted by atomic mass is 10.1. The van der Waals surface area contributed by atoms with Crippen molar-refractivity contribution in [2.24, 2.45) is 0 Å². The predicted molar refractivity (Wildman–Crippen MR) is 55.7 cm³/mol. The van der Waals surface area contributed by atoms with Crippen LogP contribution in [0.15, 0.2) is 24.3 Å². The second kappa shape index (κ2) is 4.47. The Morgan fingerprint density at radius 2 is 2.07 bits per heavy atom. The third-order valence-corrected chi connectivity index (χ3v) is 2.30. The fourth-order valence-electron chi connectivity index (χ4n) is 1.39. The van der Waals surface area contributed by atoms with E-state index in [9.17, 15) is 0 Å². The molecular weight excluding hydrogens is 176 g/mol. The Morgan fingerprint density at radius 1 is 1.36 bits per heavy atom. The van der Waals surface area contributed by atoms with Gasteiger partial charge in [0.2, 0.25) is 0 Å². The number of epoxide rings is 1. The maximum Gasteiger partial charge on any atom is 0.119 e. The molecule has 0 radical (unpaired) electrons. The maximum atomic E-state index is 5.54. The number of hydrogen-bond donors (Lipinski definition) is 0. The van der Waals surface area contributed by atoms with Crippen LogP contribution in [-0.2, 0) is 11.2 Å². The first-order valence-electron chi connectivity index (χ1n) is 5.22. The highest BCUT2D eigenvalue weighted by Gasteiger charge is 2.22. The van der Waals surface area contributed by atoms with Crippen LogP contribution in [-0.4, -0.2) is 19.3 Å². The van der Waals surface area contributed by atoms with E-state index in [1.165, 1.54) is 12.0 Å². The second-order valence-corrected chi connectivity index (χ2v) is 3.66. The average Bonchev–Trinajstić information content (AvgIpc) is 3.01. The van der Waals surface area contributed by atoms with Gasteiger partial charge in [0.25, 0.3) is 0 Å². The molecule has 1 aliphatic heterocycles. The van der Waals surface area contributed by atoms with E-state index in [1.54, 1.807) is 0 Å². The molecule has 0 amide bonds. The monoisotopic (exact) mass is 192 g/mol. The number of hydrogen-bond acceptors (Lipinski definition) is 2. The van der Waals surface area contributed by atoms with Gasteiger partial charge in [-0.05, 0) is 24.1 Å². The van der Waals surface area contributed by atoms with Crippen LogP contribution in [0, 0.1) is 0 Å². The molecule has 1 aromatic rings. The van der Waals surface area contributed by atoms with Crippen molar-refractivity contribution < 1.29 is 9.47 Å². The van der Waals surface area contributed by atoms with Gasteiger partial charge in [0, 0.05) is 0 Å². The predicted octanol–water partition coefficient (Wildman–Crippen LogP) is 2.42. The van der Waals surface area contributed by atoms with E-state index in [1.807, 2.05) is 12.1 Å². The quantitative estimate of drug-likeness (QED) is 0.668. The lowest BCUT2D eigenvalue weighted by Crippen LogP contribution is -2.03. The fourth-order valence-corrected chi connectivity index (χ4v) is 1.39. The smallest absolute Gasteiger partial charge is 0.119 e. The van der Waals surface area contributed by atoms with Crippen molar-refractivity contribution in [3.8, 4) is 5.75 Å². The number of aryl methyl sites for hydroxylation is 1. The summed E-state index contributed by atoms with van der Waals surface area (Å²) in [6.45, 7) is 3.73. The van der Waals surface area contributed by atoms with Gasteiger partial charge in [0.1, 0.15) is 18.5 Å². The van der Waals surface area contributed by atoms with Crippen molar-refractivity contribution in [2.45, 2.75) is 25.9 Å². The van der Waals surface area contributed by atoms with E-state index in [0.717, 1.165) is 18.8 Å². The zero-order valence-electron chi connectivity index (χ0n) is 8.53. The van der Waals surface area contributed by atoms with Crippen molar-refractivity contribution >= 4 is 0 Å². The molecule has 1 aliphatic rings. The fraction of sp³-hybridized carbons (Fsp3) is 0.500.